The molecule has 0 aliphatic carbocycles. The predicted molar refractivity (Wildman–Crippen MR) is 71.8 cm³/mol. The summed E-state index contributed by atoms with van der Waals surface area (Å²) in [6.45, 7) is 1.93. The average molecular weight is 257 g/mol. The van der Waals surface area contributed by atoms with Crippen molar-refractivity contribution in [3.05, 3.63) is 64.3 Å². The Morgan fingerprint density at radius 2 is 2.00 bits per heavy atom. The summed E-state index contributed by atoms with van der Waals surface area (Å²) >= 11 is 0. The molecule has 5 heteroatoms. The smallest absolute Gasteiger partial charge is 0.254 e. The topological polar surface area (TPSA) is 66.1 Å². The summed E-state index contributed by atoms with van der Waals surface area (Å²) in [5, 5.41) is 0. The van der Waals surface area contributed by atoms with Crippen molar-refractivity contribution < 1.29 is 4.79 Å². The molecule has 2 aromatic heterocycles. The van der Waals surface area contributed by atoms with Crippen molar-refractivity contribution in [2.24, 2.45) is 0 Å². The third-order valence-electron chi connectivity index (χ3n) is 3.11. The fraction of sp³-hybridized carbons (Fsp3) is 0.214. The fourth-order valence-electron chi connectivity index (χ4n) is 1.82. The molecule has 2 heterocycles. The third kappa shape index (κ3) is 2.88. The van der Waals surface area contributed by atoms with Gasteiger partial charge in [-0.2, -0.15) is 0 Å². The second-order valence-corrected chi connectivity index (χ2v) is 4.31. The van der Waals surface area contributed by atoms with Crippen LogP contribution in [0.2, 0.25) is 0 Å². The van der Waals surface area contributed by atoms with E-state index < -0.39 is 0 Å². The SMILES string of the molecule is CC(c1ccncc1)N(C)C(=O)c1cc[nH]c(=O)c1. The Morgan fingerprint density at radius 1 is 1.32 bits per heavy atom. The molecule has 0 aliphatic rings. The zero-order valence-electron chi connectivity index (χ0n) is 10.8. The van der Waals surface area contributed by atoms with Crippen LogP contribution in [-0.2, 0) is 0 Å². The van der Waals surface area contributed by atoms with Gasteiger partial charge in [-0.3, -0.25) is 14.6 Å². The molecule has 0 aromatic carbocycles. The average Bonchev–Trinajstić information content (AvgIpc) is 2.46. The van der Waals surface area contributed by atoms with Crippen molar-refractivity contribution in [1.82, 2.24) is 14.9 Å². The van der Waals surface area contributed by atoms with Gasteiger partial charge in [-0.1, -0.05) is 0 Å². The number of hydrogen-bond acceptors (Lipinski definition) is 3. The number of nitrogens with one attached hydrogen (secondary N) is 1. The molecule has 0 bridgehead atoms. The van der Waals surface area contributed by atoms with E-state index in [1.807, 2.05) is 19.1 Å². The summed E-state index contributed by atoms with van der Waals surface area (Å²) in [4.78, 5) is 31.5. The minimum atomic E-state index is -0.282. The van der Waals surface area contributed by atoms with E-state index in [0.29, 0.717) is 5.56 Å². The number of amides is 1. The van der Waals surface area contributed by atoms with Gasteiger partial charge >= 0.3 is 0 Å². The maximum atomic E-state index is 12.3. The quantitative estimate of drug-likeness (QED) is 0.908. The van der Waals surface area contributed by atoms with Crippen molar-refractivity contribution in [3.8, 4) is 0 Å². The first kappa shape index (κ1) is 13.0. The van der Waals surface area contributed by atoms with Gasteiger partial charge in [-0.25, -0.2) is 0 Å². The van der Waals surface area contributed by atoms with E-state index in [0.717, 1.165) is 5.56 Å². The molecule has 1 atom stereocenters. The van der Waals surface area contributed by atoms with Gasteiger partial charge in [-0.05, 0) is 30.7 Å². The van der Waals surface area contributed by atoms with Crippen LogP contribution in [0.3, 0.4) is 0 Å². The van der Waals surface area contributed by atoms with Gasteiger partial charge in [0.25, 0.3) is 5.91 Å². The Balaban J connectivity index is 2.22. The molecule has 1 unspecified atom stereocenters. The molecule has 1 N–H and O–H groups in total. The standard InChI is InChI=1S/C14H15N3O2/c1-10(11-3-6-15-7-4-11)17(2)14(19)12-5-8-16-13(18)9-12/h3-10H,1-2H3,(H,16,18). The number of rotatable bonds is 3. The summed E-state index contributed by atoms with van der Waals surface area (Å²) < 4.78 is 0. The Morgan fingerprint density at radius 3 is 2.63 bits per heavy atom. The van der Waals surface area contributed by atoms with Gasteiger partial charge in [0.15, 0.2) is 0 Å². The first-order valence-electron chi connectivity index (χ1n) is 5.95. The Hall–Kier alpha value is -2.43. The van der Waals surface area contributed by atoms with Crippen LogP contribution in [0, 0.1) is 0 Å². The van der Waals surface area contributed by atoms with Gasteiger partial charge in [0.05, 0.1) is 6.04 Å². The number of pyridine rings is 2. The molecule has 0 aliphatic heterocycles. The lowest BCUT2D eigenvalue weighted by Gasteiger charge is -2.25. The van der Waals surface area contributed by atoms with E-state index in [9.17, 15) is 9.59 Å². The number of hydrogen-bond donors (Lipinski definition) is 1. The number of nitrogens with zero attached hydrogens (tertiary/aromatic N) is 2. The highest BCUT2D eigenvalue weighted by Crippen LogP contribution is 2.19. The van der Waals surface area contributed by atoms with E-state index >= 15 is 0 Å². The van der Waals surface area contributed by atoms with Crippen LogP contribution in [0.25, 0.3) is 0 Å². The van der Waals surface area contributed by atoms with Crippen molar-refractivity contribution in [2.45, 2.75) is 13.0 Å². The summed E-state index contributed by atoms with van der Waals surface area (Å²) in [6, 6.07) is 6.55. The monoisotopic (exact) mass is 257 g/mol. The van der Waals surface area contributed by atoms with Crippen LogP contribution in [0.5, 0.6) is 0 Å². The number of aromatic nitrogens is 2. The fourth-order valence-corrected chi connectivity index (χ4v) is 1.82. The van der Waals surface area contributed by atoms with Crippen molar-refractivity contribution >= 4 is 5.91 Å². The number of carbonyl (C=O) groups is 1. The van der Waals surface area contributed by atoms with Crippen LogP contribution < -0.4 is 5.56 Å². The lowest BCUT2D eigenvalue weighted by molar-refractivity contribution is 0.0742. The molecule has 5 nitrogen and oxygen atoms in total. The number of H-pyrrole nitrogens is 1. The van der Waals surface area contributed by atoms with E-state index in [-0.39, 0.29) is 17.5 Å². The molecule has 0 fully saturated rings. The Bertz CT molecular complexity index is 622. The number of aromatic amines is 1. The first-order chi connectivity index (χ1) is 9.09. The summed E-state index contributed by atoms with van der Waals surface area (Å²) in [5.41, 5.74) is 1.10. The van der Waals surface area contributed by atoms with Gasteiger partial charge in [0.1, 0.15) is 0 Å². The molecule has 0 saturated heterocycles. The molecule has 2 aromatic rings. The van der Waals surface area contributed by atoms with Gasteiger partial charge in [-0.15, -0.1) is 0 Å². The third-order valence-corrected chi connectivity index (χ3v) is 3.11. The summed E-state index contributed by atoms with van der Waals surface area (Å²) in [5.74, 6) is -0.185. The van der Waals surface area contributed by atoms with Crippen molar-refractivity contribution in [2.75, 3.05) is 7.05 Å². The minimum Gasteiger partial charge on any atom is -0.335 e. The van der Waals surface area contributed by atoms with Crippen molar-refractivity contribution in [1.29, 1.82) is 0 Å². The van der Waals surface area contributed by atoms with Gasteiger partial charge in [0.2, 0.25) is 5.56 Å². The molecule has 0 saturated carbocycles. The van der Waals surface area contributed by atoms with E-state index in [1.54, 1.807) is 30.4 Å². The normalized spacial score (nSPS) is 11.9. The van der Waals surface area contributed by atoms with E-state index in [2.05, 4.69) is 9.97 Å². The molecule has 1 amide bonds. The zero-order valence-corrected chi connectivity index (χ0v) is 10.8. The Kier molecular flexibility index (Phi) is 3.75. The highest BCUT2D eigenvalue weighted by atomic mass is 16.2. The van der Waals surface area contributed by atoms with E-state index in [4.69, 9.17) is 0 Å². The highest BCUT2D eigenvalue weighted by molar-refractivity contribution is 5.94. The summed E-state index contributed by atoms with van der Waals surface area (Å²) in [6.07, 6.45) is 4.86. The molecule has 2 rings (SSSR count). The van der Waals surface area contributed by atoms with Crippen molar-refractivity contribution in [3.63, 3.8) is 0 Å². The largest absolute Gasteiger partial charge is 0.335 e. The molecule has 0 spiro atoms. The minimum absolute atomic E-state index is 0.0882. The second kappa shape index (κ2) is 5.48. The molecule has 19 heavy (non-hydrogen) atoms. The second-order valence-electron chi connectivity index (χ2n) is 4.31. The molecular formula is C14H15N3O2. The van der Waals surface area contributed by atoms with E-state index in [1.165, 1.54) is 12.3 Å². The van der Waals surface area contributed by atoms with Crippen LogP contribution in [0.15, 0.2) is 47.7 Å². The lowest BCUT2D eigenvalue weighted by Crippen LogP contribution is -2.30. The van der Waals surface area contributed by atoms with Crippen LogP contribution in [-0.4, -0.2) is 27.8 Å². The Labute approximate surface area is 110 Å². The predicted octanol–water partition coefficient (Wildman–Crippen LogP) is 1.60. The van der Waals surface area contributed by atoms with Gasteiger partial charge < -0.3 is 9.88 Å². The first-order valence-corrected chi connectivity index (χ1v) is 5.95. The molecule has 98 valence electrons. The summed E-state index contributed by atoms with van der Waals surface area (Å²) in [7, 11) is 1.72. The maximum Gasteiger partial charge on any atom is 0.254 e. The lowest BCUT2D eigenvalue weighted by atomic mass is 10.1. The highest BCUT2D eigenvalue weighted by Gasteiger charge is 2.18. The van der Waals surface area contributed by atoms with Crippen LogP contribution in [0.4, 0.5) is 0 Å². The number of carbonyl (C=O) groups excluding carboxylic acids is 1. The molecule has 0 radical (unpaired) electrons. The van der Waals surface area contributed by atoms with Crippen LogP contribution in [0.1, 0.15) is 28.9 Å². The zero-order chi connectivity index (χ0) is 13.8. The van der Waals surface area contributed by atoms with Gasteiger partial charge in [0, 0.05) is 37.3 Å². The molecular weight excluding hydrogens is 242 g/mol. The maximum absolute atomic E-state index is 12.3. The van der Waals surface area contributed by atoms with Crippen LogP contribution >= 0.6 is 0 Å².